The van der Waals surface area contributed by atoms with Gasteiger partial charge in [0.1, 0.15) is 5.92 Å². The summed E-state index contributed by atoms with van der Waals surface area (Å²) in [7, 11) is 3.20. The van der Waals surface area contributed by atoms with Gasteiger partial charge in [0.15, 0.2) is 0 Å². The van der Waals surface area contributed by atoms with Gasteiger partial charge in [0.05, 0.1) is 18.3 Å². The number of nitrogens with two attached hydrogens (primary N) is 1. The van der Waals surface area contributed by atoms with Crippen LogP contribution in [-0.2, 0) is 16.6 Å². The zero-order valence-corrected chi connectivity index (χ0v) is 9.88. The smallest absolute Gasteiger partial charge is 0.316 e. The molecule has 0 aliphatic heterocycles. The van der Waals surface area contributed by atoms with E-state index in [-0.39, 0.29) is 12.5 Å². The van der Waals surface area contributed by atoms with Crippen LogP contribution in [-0.4, -0.2) is 29.4 Å². The number of esters is 1. The Labute approximate surface area is 99.2 Å². The normalized spacial score (nSPS) is 12.6. The molecule has 2 rings (SSSR count). The van der Waals surface area contributed by atoms with Crippen molar-refractivity contribution in [2.75, 3.05) is 13.7 Å². The van der Waals surface area contributed by atoms with E-state index in [0.717, 1.165) is 10.9 Å². The predicted molar refractivity (Wildman–Crippen MR) is 64.5 cm³/mol. The van der Waals surface area contributed by atoms with Gasteiger partial charge in [-0.1, -0.05) is 18.2 Å². The number of rotatable bonds is 3. The fourth-order valence-corrected chi connectivity index (χ4v) is 1.96. The molecule has 0 spiro atoms. The van der Waals surface area contributed by atoms with Crippen LogP contribution in [0, 0.1) is 0 Å². The second-order valence-corrected chi connectivity index (χ2v) is 3.84. The molecule has 5 nitrogen and oxygen atoms in total. The zero-order valence-electron chi connectivity index (χ0n) is 9.88. The number of hydrogen-bond acceptors (Lipinski definition) is 4. The molecule has 2 N–H and O–H groups in total. The van der Waals surface area contributed by atoms with E-state index in [4.69, 9.17) is 10.5 Å². The lowest BCUT2D eigenvalue weighted by atomic mass is 10.0. The SMILES string of the molecule is COC(=O)C(CN)c1nn(C)c2ccccc12. The highest BCUT2D eigenvalue weighted by molar-refractivity contribution is 5.88. The van der Waals surface area contributed by atoms with Crippen molar-refractivity contribution in [2.45, 2.75) is 5.92 Å². The zero-order chi connectivity index (χ0) is 12.4. The number of fused-ring (bicyclic) bond motifs is 1. The van der Waals surface area contributed by atoms with E-state index in [1.807, 2.05) is 31.3 Å². The summed E-state index contributed by atoms with van der Waals surface area (Å²) in [4.78, 5) is 11.6. The molecule has 0 aliphatic rings. The second kappa shape index (κ2) is 4.55. The highest BCUT2D eigenvalue weighted by Crippen LogP contribution is 2.24. The Morgan fingerprint density at radius 2 is 2.24 bits per heavy atom. The molecule has 17 heavy (non-hydrogen) atoms. The van der Waals surface area contributed by atoms with Gasteiger partial charge in [0, 0.05) is 19.0 Å². The number of para-hydroxylation sites is 1. The van der Waals surface area contributed by atoms with Crippen molar-refractivity contribution in [2.24, 2.45) is 12.8 Å². The topological polar surface area (TPSA) is 70.1 Å². The van der Waals surface area contributed by atoms with Crippen molar-refractivity contribution in [1.29, 1.82) is 0 Å². The van der Waals surface area contributed by atoms with E-state index in [2.05, 4.69) is 5.10 Å². The number of methoxy groups -OCH3 is 1. The lowest BCUT2D eigenvalue weighted by Gasteiger charge is -2.09. The third-order valence-corrected chi connectivity index (χ3v) is 2.84. The molecule has 0 fully saturated rings. The summed E-state index contributed by atoms with van der Waals surface area (Å²) in [6, 6.07) is 7.74. The van der Waals surface area contributed by atoms with Gasteiger partial charge in [-0.2, -0.15) is 5.10 Å². The van der Waals surface area contributed by atoms with Crippen LogP contribution in [0.25, 0.3) is 10.9 Å². The third kappa shape index (κ3) is 1.89. The van der Waals surface area contributed by atoms with Gasteiger partial charge in [-0.05, 0) is 6.07 Å². The molecule has 0 bridgehead atoms. The summed E-state index contributed by atoms with van der Waals surface area (Å²) in [5.74, 6) is -0.859. The molecular formula is C12H15N3O2. The van der Waals surface area contributed by atoms with Gasteiger partial charge in [-0.3, -0.25) is 9.48 Å². The van der Waals surface area contributed by atoms with Crippen molar-refractivity contribution in [3.8, 4) is 0 Å². The Morgan fingerprint density at radius 1 is 1.53 bits per heavy atom. The van der Waals surface area contributed by atoms with Gasteiger partial charge in [-0.25, -0.2) is 0 Å². The lowest BCUT2D eigenvalue weighted by molar-refractivity contribution is -0.142. The number of aryl methyl sites for hydroxylation is 1. The molecule has 0 amide bonds. The summed E-state index contributed by atoms with van der Waals surface area (Å²) in [5, 5.41) is 5.31. The molecule has 1 unspecified atom stereocenters. The molecule has 1 aromatic heterocycles. The van der Waals surface area contributed by atoms with Gasteiger partial charge in [0.2, 0.25) is 0 Å². The van der Waals surface area contributed by atoms with Crippen molar-refractivity contribution in [3.63, 3.8) is 0 Å². The standard InChI is InChI=1S/C12H15N3O2/c1-15-10-6-4-3-5-8(10)11(14-15)9(7-13)12(16)17-2/h3-6,9H,7,13H2,1-2H3. The summed E-state index contributed by atoms with van der Waals surface area (Å²) in [6.45, 7) is 0.188. The maximum Gasteiger partial charge on any atom is 0.316 e. The van der Waals surface area contributed by atoms with Crippen molar-refractivity contribution >= 4 is 16.9 Å². The van der Waals surface area contributed by atoms with Gasteiger partial charge < -0.3 is 10.5 Å². The Hall–Kier alpha value is -1.88. The molecule has 5 heteroatoms. The van der Waals surface area contributed by atoms with E-state index in [1.165, 1.54) is 7.11 Å². The molecule has 90 valence electrons. The second-order valence-electron chi connectivity index (χ2n) is 3.84. The van der Waals surface area contributed by atoms with Crippen molar-refractivity contribution in [1.82, 2.24) is 9.78 Å². The maximum atomic E-state index is 11.6. The Bertz CT molecular complexity index is 548. The van der Waals surface area contributed by atoms with Crippen molar-refractivity contribution < 1.29 is 9.53 Å². The number of nitrogens with zero attached hydrogens (tertiary/aromatic N) is 2. The number of ether oxygens (including phenoxy) is 1. The van der Waals surface area contributed by atoms with Crippen LogP contribution in [0.4, 0.5) is 0 Å². The van der Waals surface area contributed by atoms with Crippen molar-refractivity contribution in [3.05, 3.63) is 30.0 Å². The Balaban J connectivity index is 2.58. The number of carbonyl (C=O) groups is 1. The highest BCUT2D eigenvalue weighted by Gasteiger charge is 2.25. The first-order chi connectivity index (χ1) is 8.19. The first kappa shape index (κ1) is 11.6. The molecule has 2 aromatic rings. The lowest BCUT2D eigenvalue weighted by Crippen LogP contribution is -2.23. The minimum absolute atomic E-state index is 0.188. The maximum absolute atomic E-state index is 11.6. The molecule has 1 atom stereocenters. The third-order valence-electron chi connectivity index (χ3n) is 2.84. The first-order valence-corrected chi connectivity index (χ1v) is 5.38. The molecule has 0 aliphatic carbocycles. The van der Waals surface area contributed by atoms with E-state index in [0.29, 0.717) is 5.69 Å². The minimum atomic E-state index is -0.508. The van der Waals surface area contributed by atoms with Crippen LogP contribution in [0.5, 0.6) is 0 Å². The van der Waals surface area contributed by atoms with E-state index < -0.39 is 5.92 Å². The van der Waals surface area contributed by atoms with Gasteiger partial charge in [0.25, 0.3) is 0 Å². The van der Waals surface area contributed by atoms with Gasteiger partial charge in [-0.15, -0.1) is 0 Å². The molecular weight excluding hydrogens is 218 g/mol. The molecule has 0 radical (unpaired) electrons. The quantitative estimate of drug-likeness (QED) is 0.796. The van der Waals surface area contributed by atoms with Crippen LogP contribution in [0.2, 0.25) is 0 Å². The number of carbonyl (C=O) groups excluding carboxylic acids is 1. The monoisotopic (exact) mass is 233 g/mol. The molecule has 0 saturated carbocycles. The molecule has 1 aromatic carbocycles. The van der Waals surface area contributed by atoms with Crippen LogP contribution < -0.4 is 5.73 Å². The fraction of sp³-hybridized carbons (Fsp3) is 0.333. The average molecular weight is 233 g/mol. The van der Waals surface area contributed by atoms with Crippen LogP contribution in [0.3, 0.4) is 0 Å². The first-order valence-electron chi connectivity index (χ1n) is 5.38. The van der Waals surface area contributed by atoms with E-state index >= 15 is 0 Å². The summed E-state index contributed by atoms with van der Waals surface area (Å²) in [5.41, 5.74) is 7.29. The molecule has 1 heterocycles. The van der Waals surface area contributed by atoms with Gasteiger partial charge >= 0.3 is 5.97 Å². The highest BCUT2D eigenvalue weighted by atomic mass is 16.5. The summed E-state index contributed by atoms with van der Waals surface area (Å²) in [6.07, 6.45) is 0. The van der Waals surface area contributed by atoms with Crippen LogP contribution in [0.1, 0.15) is 11.6 Å². The minimum Gasteiger partial charge on any atom is -0.468 e. The van der Waals surface area contributed by atoms with E-state index in [9.17, 15) is 4.79 Å². The van der Waals surface area contributed by atoms with Crippen LogP contribution in [0.15, 0.2) is 24.3 Å². The fourth-order valence-electron chi connectivity index (χ4n) is 1.96. The van der Waals surface area contributed by atoms with Crippen LogP contribution >= 0.6 is 0 Å². The predicted octanol–water partition coefficient (Wildman–Crippen LogP) is 0.789. The summed E-state index contributed by atoms with van der Waals surface area (Å²) >= 11 is 0. The number of hydrogen-bond donors (Lipinski definition) is 1. The molecule has 0 saturated heterocycles. The number of aromatic nitrogens is 2. The largest absolute Gasteiger partial charge is 0.468 e. The Kier molecular flexibility index (Phi) is 3.10. The summed E-state index contributed by atoms with van der Waals surface area (Å²) < 4.78 is 6.49. The number of benzene rings is 1. The van der Waals surface area contributed by atoms with E-state index in [1.54, 1.807) is 4.68 Å². The Morgan fingerprint density at radius 3 is 2.88 bits per heavy atom. The average Bonchev–Trinajstić information content (AvgIpc) is 2.68.